The lowest BCUT2D eigenvalue weighted by Crippen LogP contribution is -2.54. The molecule has 7 nitrogen and oxygen atoms in total. The average molecular weight is 307 g/mol. The van der Waals surface area contributed by atoms with E-state index in [1.165, 1.54) is 11.4 Å². The van der Waals surface area contributed by atoms with Crippen LogP contribution in [-0.4, -0.2) is 78.8 Å². The van der Waals surface area contributed by atoms with Crippen LogP contribution in [-0.2, 0) is 15.0 Å². The number of carboxylic acids is 1. The molecular weight excluding hydrogens is 282 g/mol. The molecule has 0 radical (unpaired) electrons. The number of nitrogens with zero attached hydrogens (tertiary/aromatic N) is 3. The van der Waals surface area contributed by atoms with Crippen molar-refractivity contribution in [2.75, 3.05) is 39.8 Å². The van der Waals surface area contributed by atoms with Gasteiger partial charge in [-0.25, -0.2) is 0 Å². The van der Waals surface area contributed by atoms with Gasteiger partial charge in [0.25, 0.3) is 10.2 Å². The summed E-state index contributed by atoms with van der Waals surface area (Å²) in [5.74, 6) is -0.992. The minimum absolute atomic E-state index is 0.00322. The number of hydrogen-bond donors (Lipinski definition) is 1. The van der Waals surface area contributed by atoms with Crippen LogP contribution in [0.2, 0.25) is 0 Å². The van der Waals surface area contributed by atoms with E-state index in [2.05, 4.69) is 18.7 Å². The lowest BCUT2D eigenvalue weighted by molar-refractivity contribution is -0.137. The van der Waals surface area contributed by atoms with Gasteiger partial charge in [-0.05, 0) is 13.3 Å². The molecule has 1 saturated heterocycles. The van der Waals surface area contributed by atoms with Crippen LogP contribution in [0.5, 0.6) is 0 Å². The van der Waals surface area contributed by atoms with Crippen molar-refractivity contribution in [3.8, 4) is 0 Å². The van der Waals surface area contributed by atoms with Gasteiger partial charge < -0.3 is 5.11 Å². The van der Waals surface area contributed by atoms with E-state index in [4.69, 9.17) is 5.11 Å². The van der Waals surface area contributed by atoms with Crippen LogP contribution < -0.4 is 0 Å². The van der Waals surface area contributed by atoms with E-state index in [0.717, 1.165) is 23.8 Å². The predicted molar refractivity (Wildman–Crippen MR) is 76.7 cm³/mol. The Labute approximate surface area is 121 Å². The molecule has 0 saturated carbocycles. The van der Waals surface area contributed by atoms with Gasteiger partial charge in [0.15, 0.2) is 0 Å². The summed E-state index contributed by atoms with van der Waals surface area (Å²) >= 11 is 0. The first-order chi connectivity index (χ1) is 9.28. The maximum absolute atomic E-state index is 12.3. The molecule has 0 aromatic carbocycles. The standard InChI is InChI=1S/C12H25N3O4S/c1-4-11(2)14-7-9-15(10-8-14)20(18,19)13(3)6-5-12(16)17/h11H,4-10H2,1-3H3,(H,16,17). The zero-order valence-electron chi connectivity index (χ0n) is 12.4. The van der Waals surface area contributed by atoms with Crippen LogP contribution in [0.1, 0.15) is 26.7 Å². The van der Waals surface area contributed by atoms with Gasteiger partial charge in [-0.1, -0.05) is 6.92 Å². The van der Waals surface area contributed by atoms with Crippen LogP contribution in [0.15, 0.2) is 0 Å². The van der Waals surface area contributed by atoms with Crippen molar-refractivity contribution in [3.63, 3.8) is 0 Å². The Morgan fingerprint density at radius 2 is 1.85 bits per heavy atom. The largest absolute Gasteiger partial charge is 0.481 e. The highest BCUT2D eigenvalue weighted by Gasteiger charge is 2.31. The normalized spacial score (nSPS) is 20.2. The summed E-state index contributed by atoms with van der Waals surface area (Å²) in [6.07, 6.45) is 0.869. The zero-order chi connectivity index (χ0) is 15.3. The fourth-order valence-electron chi connectivity index (χ4n) is 2.20. The molecule has 1 unspecified atom stereocenters. The minimum Gasteiger partial charge on any atom is -0.481 e. The molecule has 0 aromatic heterocycles. The minimum atomic E-state index is -3.54. The highest BCUT2D eigenvalue weighted by atomic mass is 32.2. The number of piperazine rings is 1. The molecule has 20 heavy (non-hydrogen) atoms. The van der Waals surface area contributed by atoms with Crippen molar-refractivity contribution in [1.82, 2.24) is 13.5 Å². The first-order valence-electron chi connectivity index (χ1n) is 6.96. The molecule has 8 heteroatoms. The van der Waals surface area contributed by atoms with Crippen molar-refractivity contribution in [3.05, 3.63) is 0 Å². The zero-order valence-corrected chi connectivity index (χ0v) is 13.3. The molecule has 0 aliphatic carbocycles. The quantitative estimate of drug-likeness (QED) is 0.719. The van der Waals surface area contributed by atoms with Crippen LogP contribution in [0.25, 0.3) is 0 Å². The number of rotatable bonds is 7. The Morgan fingerprint density at radius 3 is 2.30 bits per heavy atom. The number of carboxylic acid groups (broad SMARTS) is 1. The fourth-order valence-corrected chi connectivity index (χ4v) is 3.54. The molecule has 1 atom stereocenters. The van der Waals surface area contributed by atoms with E-state index < -0.39 is 16.2 Å². The Morgan fingerprint density at radius 1 is 1.30 bits per heavy atom. The van der Waals surface area contributed by atoms with Crippen molar-refractivity contribution in [2.45, 2.75) is 32.7 Å². The predicted octanol–water partition coefficient (Wildman–Crippen LogP) is 0.0538. The second kappa shape index (κ2) is 7.35. The molecule has 118 valence electrons. The first-order valence-corrected chi connectivity index (χ1v) is 8.36. The summed E-state index contributed by atoms with van der Waals surface area (Å²) in [7, 11) is -2.11. The van der Waals surface area contributed by atoms with Crippen molar-refractivity contribution in [1.29, 1.82) is 0 Å². The molecule has 1 N–H and O–H groups in total. The van der Waals surface area contributed by atoms with Gasteiger partial charge >= 0.3 is 5.97 Å². The van der Waals surface area contributed by atoms with Crippen LogP contribution >= 0.6 is 0 Å². The van der Waals surface area contributed by atoms with Crippen molar-refractivity contribution < 1.29 is 18.3 Å². The third kappa shape index (κ3) is 4.41. The molecule has 1 aliphatic rings. The summed E-state index contributed by atoms with van der Waals surface area (Å²) in [4.78, 5) is 12.8. The first kappa shape index (κ1) is 17.4. The Bertz CT molecular complexity index is 418. The van der Waals surface area contributed by atoms with E-state index in [1.54, 1.807) is 0 Å². The lowest BCUT2D eigenvalue weighted by atomic mass is 10.2. The third-order valence-corrected chi connectivity index (χ3v) is 5.84. The number of carbonyl (C=O) groups is 1. The molecule has 1 fully saturated rings. The van der Waals surface area contributed by atoms with Crippen LogP contribution in [0.4, 0.5) is 0 Å². The molecular formula is C12H25N3O4S. The Hall–Kier alpha value is -0.700. The molecule has 0 amide bonds. The Kier molecular flexibility index (Phi) is 6.38. The van der Waals surface area contributed by atoms with Gasteiger partial charge in [0, 0.05) is 45.8 Å². The lowest BCUT2D eigenvalue weighted by Gasteiger charge is -2.38. The monoisotopic (exact) mass is 307 g/mol. The van der Waals surface area contributed by atoms with E-state index >= 15 is 0 Å². The highest BCUT2D eigenvalue weighted by Crippen LogP contribution is 2.14. The second-order valence-electron chi connectivity index (χ2n) is 5.17. The molecule has 0 aromatic rings. The van der Waals surface area contributed by atoms with Gasteiger partial charge in [0.05, 0.1) is 6.42 Å². The summed E-state index contributed by atoms with van der Waals surface area (Å²) in [6.45, 7) is 6.63. The SMILES string of the molecule is CCC(C)N1CCN(S(=O)(=O)N(C)CCC(=O)O)CC1. The van der Waals surface area contributed by atoms with E-state index in [-0.39, 0.29) is 13.0 Å². The van der Waals surface area contributed by atoms with Crippen molar-refractivity contribution in [2.24, 2.45) is 0 Å². The smallest absolute Gasteiger partial charge is 0.304 e. The van der Waals surface area contributed by atoms with E-state index in [9.17, 15) is 13.2 Å². The molecule has 1 aliphatic heterocycles. The molecule has 1 rings (SSSR count). The molecule has 0 spiro atoms. The maximum atomic E-state index is 12.3. The highest BCUT2D eigenvalue weighted by molar-refractivity contribution is 7.86. The van der Waals surface area contributed by atoms with E-state index in [1.807, 2.05) is 0 Å². The number of hydrogen-bond acceptors (Lipinski definition) is 4. The summed E-state index contributed by atoms with van der Waals surface area (Å²) in [5.41, 5.74) is 0. The molecule has 1 heterocycles. The molecule has 0 bridgehead atoms. The third-order valence-electron chi connectivity index (χ3n) is 3.85. The Balaban J connectivity index is 2.56. The topological polar surface area (TPSA) is 81.2 Å². The average Bonchev–Trinajstić information content (AvgIpc) is 2.43. The van der Waals surface area contributed by atoms with Gasteiger partial charge in [0.2, 0.25) is 0 Å². The van der Waals surface area contributed by atoms with Crippen LogP contribution in [0.3, 0.4) is 0 Å². The van der Waals surface area contributed by atoms with Gasteiger partial charge in [-0.2, -0.15) is 17.0 Å². The van der Waals surface area contributed by atoms with Gasteiger partial charge in [-0.3, -0.25) is 9.69 Å². The maximum Gasteiger partial charge on any atom is 0.304 e. The number of aliphatic carboxylic acids is 1. The van der Waals surface area contributed by atoms with Crippen molar-refractivity contribution >= 4 is 16.2 Å². The van der Waals surface area contributed by atoms with Crippen LogP contribution in [0, 0.1) is 0 Å². The second-order valence-corrected chi connectivity index (χ2v) is 7.20. The summed E-state index contributed by atoms with van der Waals surface area (Å²) < 4.78 is 27.1. The summed E-state index contributed by atoms with van der Waals surface area (Å²) in [6, 6.07) is 0.463. The fraction of sp³-hybridized carbons (Fsp3) is 0.917. The van der Waals surface area contributed by atoms with Gasteiger partial charge in [0.1, 0.15) is 0 Å². The summed E-state index contributed by atoms with van der Waals surface area (Å²) in [5, 5.41) is 8.62. The van der Waals surface area contributed by atoms with E-state index in [0.29, 0.717) is 19.1 Å². The van der Waals surface area contributed by atoms with Gasteiger partial charge in [-0.15, -0.1) is 0 Å².